The van der Waals surface area contributed by atoms with Crippen molar-refractivity contribution >= 4 is 40.4 Å². The van der Waals surface area contributed by atoms with E-state index in [4.69, 9.17) is 16.3 Å². The quantitative estimate of drug-likeness (QED) is 0.551. The minimum absolute atomic E-state index is 0.0940. The van der Waals surface area contributed by atoms with Crippen molar-refractivity contribution in [1.29, 1.82) is 0 Å². The third kappa shape index (κ3) is 4.24. The van der Waals surface area contributed by atoms with Crippen molar-refractivity contribution in [3.8, 4) is 0 Å². The summed E-state index contributed by atoms with van der Waals surface area (Å²) in [5.74, 6) is -0.878. The van der Waals surface area contributed by atoms with Crippen LogP contribution in [0.25, 0.3) is 0 Å². The van der Waals surface area contributed by atoms with E-state index in [1.807, 2.05) is 54.8 Å². The number of ether oxygens (including phenoxy) is 1. The summed E-state index contributed by atoms with van der Waals surface area (Å²) >= 11 is 7.91. The second-order valence-electron chi connectivity index (χ2n) is 7.49. The standard InChI is InChI=1S/C24H23ClN2O3S/c1-15-9-10-19(18(25)14-15)26-23(28)21-16-6-3-4-7-17(16)24(29)27(11-12-30-2)22(21)20-8-5-13-31-20/h3-10,13-14,21-22H,11-12H2,1-2H3,(H,26,28)/t21-,22-/m1/s1. The van der Waals surface area contributed by atoms with Crippen LogP contribution >= 0.6 is 22.9 Å². The number of amides is 2. The van der Waals surface area contributed by atoms with E-state index in [1.54, 1.807) is 24.1 Å². The largest absolute Gasteiger partial charge is 0.383 e. The molecule has 3 aromatic rings. The van der Waals surface area contributed by atoms with Crippen LogP contribution in [0.4, 0.5) is 5.69 Å². The molecule has 0 saturated carbocycles. The Balaban J connectivity index is 1.80. The van der Waals surface area contributed by atoms with E-state index in [0.717, 1.165) is 16.0 Å². The predicted octanol–water partition coefficient (Wildman–Crippen LogP) is 5.28. The monoisotopic (exact) mass is 454 g/mol. The van der Waals surface area contributed by atoms with Gasteiger partial charge in [-0.2, -0.15) is 0 Å². The number of benzene rings is 2. The molecule has 0 unspecified atom stereocenters. The number of nitrogens with zero attached hydrogens (tertiary/aromatic N) is 1. The van der Waals surface area contributed by atoms with E-state index in [9.17, 15) is 9.59 Å². The summed E-state index contributed by atoms with van der Waals surface area (Å²) < 4.78 is 5.26. The Morgan fingerprint density at radius 1 is 1.19 bits per heavy atom. The zero-order chi connectivity index (χ0) is 22.0. The van der Waals surface area contributed by atoms with E-state index in [-0.39, 0.29) is 11.8 Å². The van der Waals surface area contributed by atoms with Crippen molar-refractivity contribution in [2.45, 2.75) is 18.9 Å². The maximum atomic E-state index is 13.7. The number of methoxy groups -OCH3 is 1. The third-order valence-electron chi connectivity index (χ3n) is 5.47. The minimum atomic E-state index is -0.582. The third-order valence-corrected chi connectivity index (χ3v) is 6.73. The Hall–Kier alpha value is -2.67. The number of carbonyl (C=O) groups excluding carboxylic acids is 2. The van der Waals surface area contributed by atoms with Gasteiger partial charge in [0.15, 0.2) is 0 Å². The van der Waals surface area contributed by atoms with E-state index in [0.29, 0.717) is 29.4 Å². The molecule has 4 rings (SSSR count). The number of fused-ring (bicyclic) bond motifs is 1. The van der Waals surface area contributed by atoms with E-state index < -0.39 is 12.0 Å². The van der Waals surface area contributed by atoms with Gasteiger partial charge >= 0.3 is 0 Å². The maximum Gasteiger partial charge on any atom is 0.254 e. The zero-order valence-electron chi connectivity index (χ0n) is 17.3. The summed E-state index contributed by atoms with van der Waals surface area (Å²) in [5.41, 5.74) is 2.83. The lowest BCUT2D eigenvalue weighted by atomic mass is 9.81. The highest BCUT2D eigenvalue weighted by Gasteiger charge is 2.44. The lowest BCUT2D eigenvalue weighted by Gasteiger charge is -2.41. The number of hydrogen-bond donors (Lipinski definition) is 1. The van der Waals surface area contributed by atoms with Gasteiger partial charge in [0, 0.05) is 24.1 Å². The first kappa shape index (κ1) is 21.6. The number of thiophene rings is 1. The van der Waals surface area contributed by atoms with Gasteiger partial charge in [-0.3, -0.25) is 9.59 Å². The number of nitrogens with one attached hydrogen (secondary N) is 1. The first-order valence-electron chi connectivity index (χ1n) is 10.0. The van der Waals surface area contributed by atoms with E-state index in [1.165, 1.54) is 11.3 Å². The lowest BCUT2D eigenvalue weighted by Crippen LogP contribution is -2.47. The Kier molecular flexibility index (Phi) is 6.41. The molecule has 5 nitrogen and oxygen atoms in total. The molecular weight excluding hydrogens is 432 g/mol. The molecule has 0 aliphatic carbocycles. The average molecular weight is 455 g/mol. The zero-order valence-corrected chi connectivity index (χ0v) is 18.9. The molecule has 1 aliphatic rings. The van der Waals surface area contributed by atoms with Crippen molar-refractivity contribution in [3.05, 3.63) is 86.6 Å². The Morgan fingerprint density at radius 2 is 2.00 bits per heavy atom. The van der Waals surface area contributed by atoms with Crippen LogP contribution in [0.5, 0.6) is 0 Å². The molecule has 1 aromatic heterocycles. The number of rotatable bonds is 6. The normalized spacial score (nSPS) is 18.0. The van der Waals surface area contributed by atoms with Gasteiger partial charge in [0.2, 0.25) is 5.91 Å². The number of anilines is 1. The molecule has 160 valence electrons. The van der Waals surface area contributed by atoms with Crippen LogP contribution in [-0.2, 0) is 9.53 Å². The highest BCUT2D eigenvalue weighted by molar-refractivity contribution is 7.10. The fourth-order valence-electron chi connectivity index (χ4n) is 4.02. The molecule has 0 bridgehead atoms. The predicted molar refractivity (Wildman–Crippen MR) is 124 cm³/mol. The Bertz CT molecular complexity index is 1100. The van der Waals surface area contributed by atoms with Crippen molar-refractivity contribution in [2.24, 2.45) is 0 Å². The number of halogens is 1. The van der Waals surface area contributed by atoms with Gasteiger partial charge in [0.25, 0.3) is 5.91 Å². The van der Waals surface area contributed by atoms with Crippen LogP contribution in [0.2, 0.25) is 5.02 Å². The molecule has 2 atom stereocenters. The second-order valence-corrected chi connectivity index (χ2v) is 8.88. The van der Waals surface area contributed by atoms with Gasteiger partial charge in [0.05, 0.1) is 29.3 Å². The molecule has 2 amide bonds. The highest BCUT2D eigenvalue weighted by atomic mass is 35.5. The van der Waals surface area contributed by atoms with Gasteiger partial charge in [0.1, 0.15) is 0 Å². The van der Waals surface area contributed by atoms with Crippen LogP contribution < -0.4 is 5.32 Å². The molecule has 0 saturated heterocycles. The minimum Gasteiger partial charge on any atom is -0.383 e. The first-order valence-corrected chi connectivity index (χ1v) is 11.3. The highest BCUT2D eigenvalue weighted by Crippen LogP contribution is 2.44. The van der Waals surface area contributed by atoms with Crippen LogP contribution in [-0.4, -0.2) is 37.0 Å². The summed E-state index contributed by atoms with van der Waals surface area (Å²) in [6, 6.07) is 16.3. The second kappa shape index (κ2) is 9.22. The molecule has 31 heavy (non-hydrogen) atoms. The first-order chi connectivity index (χ1) is 15.0. The molecular formula is C24H23ClN2O3S. The molecule has 7 heteroatoms. The molecule has 0 fully saturated rings. The average Bonchev–Trinajstić information content (AvgIpc) is 3.29. The van der Waals surface area contributed by atoms with Gasteiger partial charge in [-0.25, -0.2) is 0 Å². The van der Waals surface area contributed by atoms with Gasteiger partial charge < -0.3 is 15.0 Å². The summed E-state index contributed by atoms with van der Waals surface area (Å²) in [6.45, 7) is 2.72. The molecule has 1 N–H and O–H groups in total. The van der Waals surface area contributed by atoms with E-state index in [2.05, 4.69) is 5.32 Å². The molecule has 2 heterocycles. The topological polar surface area (TPSA) is 58.6 Å². The van der Waals surface area contributed by atoms with Crippen molar-refractivity contribution in [3.63, 3.8) is 0 Å². The van der Waals surface area contributed by atoms with Gasteiger partial charge in [-0.1, -0.05) is 41.9 Å². The van der Waals surface area contributed by atoms with Crippen LogP contribution in [0, 0.1) is 6.92 Å². The number of hydrogen-bond acceptors (Lipinski definition) is 4. The molecule has 0 spiro atoms. The van der Waals surface area contributed by atoms with Crippen LogP contribution in [0.3, 0.4) is 0 Å². The molecule has 0 radical (unpaired) electrons. The van der Waals surface area contributed by atoms with Crippen molar-refractivity contribution in [2.75, 3.05) is 25.6 Å². The summed E-state index contributed by atoms with van der Waals surface area (Å²) in [6.07, 6.45) is 0. The Morgan fingerprint density at radius 3 is 2.71 bits per heavy atom. The van der Waals surface area contributed by atoms with E-state index >= 15 is 0 Å². The summed E-state index contributed by atoms with van der Waals surface area (Å²) in [5, 5.41) is 5.44. The fraction of sp³-hybridized carbons (Fsp3) is 0.250. The molecule has 1 aliphatic heterocycles. The van der Waals surface area contributed by atoms with Crippen LogP contribution in [0.1, 0.15) is 38.3 Å². The number of aryl methyl sites for hydroxylation is 1. The molecule has 2 aromatic carbocycles. The van der Waals surface area contributed by atoms with Gasteiger partial charge in [-0.05, 0) is 47.7 Å². The summed E-state index contributed by atoms with van der Waals surface area (Å²) in [4.78, 5) is 29.7. The smallest absolute Gasteiger partial charge is 0.254 e. The Labute approximate surface area is 190 Å². The van der Waals surface area contributed by atoms with Crippen molar-refractivity contribution < 1.29 is 14.3 Å². The van der Waals surface area contributed by atoms with Crippen LogP contribution in [0.15, 0.2) is 60.0 Å². The fourth-order valence-corrected chi connectivity index (χ4v) is 5.17. The summed E-state index contributed by atoms with van der Waals surface area (Å²) in [7, 11) is 1.60. The lowest BCUT2D eigenvalue weighted by molar-refractivity contribution is -0.119. The number of carbonyl (C=O) groups is 2. The van der Waals surface area contributed by atoms with Crippen molar-refractivity contribution in [1.82, 2.24) is 4.90 Å². The van der Waals surface area contributed by atoms with Gasteiger partial charge in [-0.15, -0.1) is 11.3 Å². The SMILES string of the molecule is COCCN1C(=O)c2ccccc2[C@@H](C(=O)Nc2ccc(C)cc2Cl)[C@H]1c1cccs1. The maximum absolute atomic E-state index is 13.7.